The summed E-state index contributed by atoms with van der Waals surface area (Å²) in [5, 5.41) is 14.9. The van der Waals surface area contributed by atoms with Crippen molar-refractivity contribution in [3.05, 3.63) is 169 Å². The number of hydrogen-bond acceptors (Lipinski definition) is 3. The van der Waals surface area contributed by atoms with Gasteiger partial charge in [-0.15, -0.1) is 0 Å². The van der Waals surface area contributed by atoms with Gasteiger partial charge in [0.1, 0.15) is 0 Å². The molecule has 0 saturated carbocycles. The highest BCUT2D eigenvalue weighted by Crippen LogP contribution is 2.37. The van der Waals surface area contributed by atoms with Gasteiger partial charge in [-0.25, -0.2) is 4.98 Å². The van der Waals surface area contributed by atoms with Gasteiger partial charge in [-0.3, -0.25) is 4.98 Å². The Morgan fingerprint density at radius 1 is 0.417 bits per heavy atom. The van der Waals surface area contributed by atoms with Gasteiger partial charge in [0.25, 0.3) is 0 Å². The van der Waals surface area contributed by atoms with Gasteiger partial charge < -0.3 is 0 Å². The zero-order valence-electron chi connectivity index (χ0n) is 25.9. The molecule has 0 aliphatic carbocycles. The maximum absolute atomic E-state index is 9.13. The molecule has 0 unspecified atom stereocenters. The van der Waals surface area contributed by atoms with E-state index in [2.05, 4.69) is 127 Å². The van der Waals surface area contributed by atoms with Crippen LogP contribution in [0.4, 0.5) is 0 Å². The first kappa shape index (κ1) is 27.7. The van der Waals surface area contributed by atoms with Crippen molar-refractivity contribution in [1.82, 2.24) is 9.97 Å². The molecule has 0 fully saturated rings. The number of nitriles is 1. The molecule has 0 spiro atoms. The van der Waals surface area contributed by atoms with Gasteiger partial charge in [0.2, 0.25) is 0 Å². The molecular formula is C45H27N3. The molecule has 0 amide bonds. The lowest BCUT2D eigenvalue weighted by molar-refractivity contribution is 1.40. The van der Waals surface area contributed by atoms with Crippen molar-refractivity contribution in [2.75, 3.05) is 0 Å². The summed E-state index contributed by atoms with van der Waals surface area (Å²) in [4.78, 5) is 9.86. The van der Waals surface area contributed by atoms with Crippen LogP contribution in [-0.4, -0.2) is 9.97 Å². The third-order valence-electron chi connectivity index (χ3n) is 9.33. The number of rotatable bonds is 4. The molecule has 0 saturated heterocycles. The average molecular weight is 610 g/mol. The third kappa shape index (κ3) is 4.76. The van der Waals surface area contributed by atoms with Crippen molar-refractivity contribution in [3.8, 4) is 50.6 Å². The minimum Gasteiger partial charge on any atom is -0.253 e. The maximum Gasteiger partial charge on any atom is 0.0991 e. The predicted octanol–water partition coefficient (Wildman–Crippen LogP) is 11.6. The Hall–Kier alpha value is -6.63. The predicted molar refractivity (Wildman–Crippen MR) is 199 cm³/mol. The molecule has 2 aromatic heterocycles. The molecule has 9 rings (SSSR count). The summed E-state index contributed by atoms with van der Waals surface area (Å²) in [6.45, 7) is 0. The van der Waals surface area contributed by atoms with Crippen LogP contribution in [0.5, 0.6) is 0 Å². The second-order valence-electron chi connectivity index (χ2n) is 12.2. The van der Waals surface area contributed by atoms with E-state index < -0.39 is 0 Å². The highest BCUT2D eigenvalue weighted by Gasteiger charge is 2.12. The van der Waals surface area contributed by atoms with Crippen molar-refractivity contribution in [2.45, 2.75) is 0 Å². The van der Waals surface area contributed by atoms with Crippen molar-refractivity contribution < 1.29 is 0 Å². The van der Waals surface area contributed by atoms with Crippen molar-refractivity contribution in [3.63, 3.8) is 0 Å². The molecule has 3 heteroatoms. The molecule has 0 bridgehead atoms. The summed E-state index contributed by atoms with van der Waals surface area (Å²) >= 11 is 0. The smallest absolute Gasteiger partial charge is 0.0991 e. The maximum atomic E-state index is 9.13. The fraction of sp³-hybridized carbons (Fsp3) is 0. The topological polar surface area (TPSA) is 49.6 Å². The van der Waals surface area contributed by atoms with Gasteiger partial charge in [0, 0.05) is 27.9 Å². The molecule has 48 heavy (non-hydrogen) atoms. The summed E-state index contributed by atoms with van der Waals surface area (Å²) in [7, 11) is 0. The highest BCUT2D eigenvalue weighted by atomic mass is 14.7. The van der Waals surface area contributed by atoms with Crippen LogP contribution in [0.1, 0.15) is 5.56 Å². The van der Waals surface area contributed by atoms with Crippen LogP contribution in [0.25, 0.3) is 88.0 Å². The zero-order valence-corrected chi connectivity index (χ0v) is 25.9. The quantitative estimate of drug-likeness (QED) is 0.147. The Morgan fingerprint density at radius 3 is 1.56 bits per heavy atom. The Labute approximate surface area is 278 Å². The summed E-state index contributed by atoms with van der Waals surface area (Å²) in [5.74, 6) is 0. The van der Waals surface area contributed by atoms with E-state index in [-0.39, 0.29) is 0 Å². The molecule has 0 radical (unpaired) electrons. The third-order valence-corrected chi connectivity index (χ3v) is 9.33. The van der Waals surface area contributed by atoms with Crippen LogP contribution in [-0.2, 0) is 0 Å². The number of hydrogen-bond donors (Lipinski definition) is 0. The fourth-order valence-corrected chi connectivity index (χ4v) is 6.82. The second-order valence-corrected chi connectivity index (χ2v) is 12.2. The molecule has 3 nitrogen and oxygen atoms in total. The zero-order chi connectivity index (χ0) is 32.0. The molecule has 0 aliphatic rings. The van der Waals surface area contributed by atoms with Crippen molar-refractivity contribution >= 4 is 43.5 Å². The van der Waals surface area contributed by atoms with E-state index in [4.69, 9.17) is 15.2 Å². The number of para-hydroxylation sites is 1. The molecule has 0 atom stereocenters. The molecule has 222 valence electrons. The average Bonchev–Trinajstić information content (AvgIpc) is 3.16. The van der Waals surface area contributed by atoms with Gasteiger partial charge in [0.15, 0.2) is 0 Å². The van der Waals surface area contributed by atoms with Crippen LogP contribution in [0.3, 0.4) is 0 Å². The van der Waals surface area contributed by atoms with E-state index in [9.17, 15) is 0 Å². The molecule has 0 N–H and O–H groups in total. The van der Waals surface area contributed by atoms with Crippen LogP contribution < -0.4 is 0 Å². The van der Waals surface area contributed by atoms with Gasteiger partial charge >= 0.3 is 0 Å². The minimum absolute atomic E-state index is 0.669. The van der Waals surface area contributed by atoms with Crippen LogP contribution >= 0.6 is 0 Å². The van der Waals surface area contributed by atoms with E-state index in [0.29, 0.717) is 5.56 Å². The number of pyridine rings is 2. The lowest BCUT2D eigenvalue weighted by Crippen LogP contribution is -1.89. The van der Waals surface area contributed by atoms with E-state index in [1.165, 1.54) is 33.0 Å². The van der Waals surface area contributed by atoms with Crippen molar-refractivity contribution in [2.24, 2.45) is 0 Å². The minimum atomic E-state index is 0.669. The molecule has 0 aliphatic heterocycles. The number of nitrogens with zero attached hydrogens (tertiary/aromatic N) is 3. The van der Waals surface area contributed by atoms with Crippen LogP contribution in [0, 0.1) is 11.3 Å². The fourth-order valence-electron chi connectivity index (χ4n) is 6.82. The number of aromatic nitrogens is 2. The summed E-state index contributed by atoms with van der Waals surface area (Å²) < 4.78 is 0. The standard InChI is InChI=1S/C45H27N3/c46-27-29-9-11-30(12-10-29)31-13-17-33(18-14-31)39-23-24-40(42-7-3-2-6-41(39)42)34-19-15-32(16-20-34)38-26-36-21-22-37-25-35-5-1-4-8-43(35)48-45(37)44(36)47-28-38/h1-26,28H. The summed E-state index contributed by atoms with van der Waals surface area (Å²) in [5.41, 5.74) is 12.7. The lowest BCUT2D eigenvalue weighted by Gasteiger charge is -2.13. The Morgan fingerprint density at radius 2 is 0.938 bits per heavy atom. The Kier molecular flexibility index (Phi) is 6.52. The van der Waals surface area contributed by atoms with E-state index in [0.717, 1.165) is 55.0 Å². The largest absolute Gasteiger partial charge is 0.253 e. The van der Waals surface area contributed by atoms with E-state index >= 15 is 0 Å². The SMILES string of the molecule is N#Cc1ccc(-c2ccc(-c3ccc(-c4ccc(-c5cnc6c(ccc7cc8ccccc8nc76)c5)cc4)c4ccccc34)cc2)cc1. The summed E-state index contributed by atoms with van der Waals surface area (Å²) in [6.07, 6.45) is 1.96. The first-order valence-electron chi connectivity index (χ1n) is 16.0. The van der Waals surface area contributed by atoms with E-state index in [1.807, 2.05) is 42.6 Å². The van der Waals surface area contributed by atoms with E-state index in [1.54, 1.807) is 0 Å². The van der Waals surface area contributed by atoms with Crippen LogP contribution in [0.15, 0.2) is 164 Å². The highest BCUT2D eigenvalue weighted by molar-refractivity contribution is 6.07. The normalized spacial score (nSPS) is 11.3. The van der Waals surface area contributed by atoms with Gasteiger partial charge in [-0.05, 0) is 80.0 Å². The first-order chi connectivity index (χ1) is 23.7. The monoisotopic (exact) mass is 609 g/mol. The molecule has 9 aromatic rings. The number of fused-ring (bicyclic) bond motifs is 5. The molecule has 7 aromatic carbocycles. The van der Waals surface area contributed by atoms with Gasteiger partial charge in [-0.2, -0.15) is 5.26 Å². The second kappa shape index (κ2) is 11.3. The Balaban J connectivity index is 1.04. The molecule has 2 heterocycles. The summed E-state index contributed by atoms with van der Waals surface area (Å²) in [6, 6.07) is 57.4. The van der Waals surface area contributed by atoms with Gasteiger partial charge in [-0.1, -0.05) is 127 Å². The molecular weight excluding hydrogens is 583 g/mol. The Bertz CT molecular complexity index is 2700. The lowest BCUT2D eigenvalue weighted by atomic mass is 9.91. The first-order valence-corrected chi connectivity index (χ1v) is 16.0. The number of benzene rings is 7. The van der Waals surface area contributed by atoms with Crippen molar-refractivity contribution in [1.29, 1.82) is 5.26 Å². The van der Waals surface area contributed by atoms with Crippen LogP contribution in [0.2, 0.25) is 0 Å². The van der Waals surface area contributed by atoms with Gasteiger partial charge in [0.05, 0.1) is 28.2 Å².